The van der Waals surface area contributed by atoms with E-state index in [-0.39, 0.29) is 17.7 Å². The van der Waals surface area contributed by atoms with Gasteiger partial charge in [0.1, 0.15) is 6.04 Å². The average molecular weight is 282 g/mol. The van der Waals surface area contributed by atoms with Gasteiger partial charge in [-0.15, -0.1) is 0 Å². The highest BCUT2D eigenvalue weighted by atomic mass is 16.2. The van der Waals surface area contributed by atoms with Crippen LogP contribution < -0.4 is 5.32 Å². The van der Waals surface area contributed by atoms with E-state index in [1.807, 2.05) is 4.90 Å². The van der Waals surface area contributed by atoms with E-state index in [4.69, 9.17) is 0 Å². The summed E-state index contributed by atoms with van der Waals surface area (Å²) in [5.41, 5.74) is 0. The molecule has 0 aliphatic carbocycles. The maximum atomic E-state index is 12.3. The van der Waals surface area contributed by atoms with E-state index in [1.54, 1.807) is 0 Å². The number of hydrogen-bond acceptors (Lipinski definition) is 3. The van der Waals surface area contributed by atoms with Crippen LogP contribution >= 0.6 is 0 Å². The van der Waals surface area contributed by atoms with Crippen molar-refractivity contribution >= 4 is 11.7 Å². The minimum absolute atomic E-state index is 0.161. The molecule has 0 bridgehead atoms. The number of unbranched alkanes of at least 4 members (excludes halogenated alkanes) is 4. The van der Waals surface area contributed by atoms with E-state index in [2.05, 4.69) is 19.2 Å². The summed E-state index contributed by atoms with van der Waals surface area (Å²) in [5, 5.41) is 3.24. The third-order valence-electron chi connectivity index (χ3n) is 3.96. The van der Waals surface area contributed by atoms with Crippen molar-refractivity contribution < 1.29 is 9.59 Å². The van der Waals surface area contributed by atoms with E-state index in [0.717, 1.165) is 45.1 Å². The van der Waals surface area contributed by atoms with Crippen molar-refractivity contribution in [3.63, 3.8) is 0 Å². The first-order chi connectivity index (χ1) is 9.70. The Morgan fingerprint density at radius 1 is 1.05 bits per heavy atom. The predicted molar refractivity (Wildman–Crippen MR) is 81.7 cm³/mol. The molecular formula is C16H30N2O2. The predicted octanol–water partition coefficient (Wildman–Crippen LogP) is 2.52. The van der Waals surface area contributed by atoms with Crippen LogP contribution in [0.3, 0.4) is 0 Å². The van der Waals surface area contributed by atoms with Crippen LogP contribution in [-0.2, 0) is 9.59 Å². The van der Waals surface area contributed by atoms with Crippen molar-refractivity contribution in [1.29, 1.82) is 0 Å². The minimum Gasteiger partial charge on any atom is -0.330 e. The summed E-state index contributed by atoms with van der Waals surface area (Å²) in [6.07, 6.45) is 7.51. The average Bonchev–Trinajstić information content (AvgIpc) is 2.47. The lowest BCUT2D eigenvalue weighted by molar-refractivity contribution is -0.140. The normalized spacial score (nSPS) is 19.1. The maximum absolute atomic E-state index is 12.3. The van der Waals surface area contributed by atoms with Crippen molar-refractivity contribution in [1.82, 2.24) is 10.2 Å². The van der Waals surface area contributed by atoms with Crippen molar-refractivity contribution in [3.8, 4) is 0 Å². The summed E-state index contributed by atoms with van der Waals surface area (Å²) in [7, 11) is 0. The second kappa shape index (κ2) is 9.92. The molecule has 1 atom stereocenters. The molecule has 1 heterocycles. The Morgan fingerprint density at radius 3 is 2.35 bits per heavy atom. The molecule has 0 aromatic rings. The van der Waals surface area contributed by atoms with Crippen LogP contribution in [0.1, 0.15) is 65.2 Å². The van der Waals surface area contributed by atoms with Gasteiger partial charge < -0.3 is 10.2 Å². The Kier molecular flexibility index (Phi) is 8.51. The van der Waals surface area contributed by atoms with Crippen LogP contribution in [0.25, 0.3) is 0 Å². The summed E-state index contributed by atoms with van der Waals surface area (Å²) in [4.78, 5) is 26.4. The Labute approximate surface area is 123 Å². The molecule has 0 spiro atoms. The molecule has 116 valence electrons. The van der Waals surface area contributed by atoms with Crippen molar-refractivity contribution in [3.05, 3.63) is 0 Å². The van der Waals surface area contributed by atoms with Gasteiger partial charge in [-0.25, -0.2) is 0 Å². The van der Waals surface area contributed by atoms with Gasteiger partial charge in [0.2, 0.25) is 5.91 Å². The van der Waals surface area contributed by atoms with Gasteiger partial charge in [-0.05, 0) is 12.8 Å². The first-order valence-corrected chi connectivity index (χ1v) is 8.23. The van der Waals surface area contributed by atoms with E-state index in [9.17, 15) is 9.59 Å². The molecule has 0 aromatic heterocycles. The summed E-state index contributed by atoms with van der Waals surface area (Å²) < 4.78 is 0. The standard InChI is InChI=1S/C16H30N2O2/c1-3-5-7-9-15(19)14-13-17-11-12-18(14)16(20)10-8-6-4-2/h14,17H,3-13H2,1-2H3. The van der Waals surface area contributed by atoms with E-state index >= 15 is 0 Å². The Hall–Kier alpha value is -0.900. The molecule has 1 saturated heterocycles. The minimum atomic E-state index is -0.227. The third kappa shape index (κ3) is 5.61. The van der Waals surface area contributed by atoms with E-state index < -0.39 is 0 Å². The molecule has 1 N–H and O–H groups in total. The van der Waals surface area contributed by atoms with Gasteiger partial charge in [-0.2, -0.15) is 0 Å². The lowest BCUT2D eigenvalue weighted by atomic mass is 10.0. The fourth-order valence-corrected chi connectivity index (χ4v) is 2.68. The van der Waals surface area contributed by atoms with Gasteiger partial charge in [0, 0.05) is 32.5 Å². The lowest BCUT2D eigenvalue weighted by Gasteiger charge is -2.35. The molecule has 20 heavy (non-hydrogen) atoms. The van der Waals surface area contributed by atoms with Crippen molar-refractivity contribution in [2.45, 2.75) is 71.3 Å². The van der Waals surface area contributed by atoms with Gasteiger partial charge in [0.05, 0.1) is 0 Å². The number of nitrogens with one attached hydrogen (secondary N) is 1. The second-order valence-electron chi connectivity index (χ2n) is 5.69. The second-order valence-corrected chi connectivity index (χ2v) is 5.69. The van der Waals surface area contributed by atoms with Gasteiger partial charge in [-0.3, -0.25) is 9.59 Å². The number of amides is 1. The molecular weight excluding hydrogens is 252 g/mol. The first kappa shape index (κ1) is 17.2. The zero-order chi connectivity index (χ0) is 14.8. The fraction of sp³-hybridized carbons (Fsp3) is 0.875. The number of carbonyl (C=O) groups is 2. The molecule has 4 heteroatoms. The van der Waals surface area contributed by atoms with E-state index in [0.29, 0.717) is 25.9 Å². The number of rotatable bonds is 9. The Balaban J connectivity index is 2.48. The first-order valence-electron chi connectivity index (χ1n) is 8.23. The summed E-state index contributed by atoms with van der Waals surface area (Å²) in [6.45, 7) is 6.38. The quantitative estimate of drug-likeness (QED) is 0.661. The molecule has 1 fully saturated rings. The number of piperazine rings is 1. The summed E-state index contributed by atoms with van der Waals surface area (Å²) in [5.74, 6) is 0.392. The van der Waals surface area contributed by atoms with Crippen molar-refractivity contribution in [2.75, 3.05) is 19.6 Å². The molecule has 1 aliphatic rings. The molecule has 0 saturated carbocycles. The van der Waals surface area contributed by atoms with Crippen LogP contribution in [0.2, 0.25) is 0 Å². The molecule has 1 rings (SSSR count). The van der Waals surface area contributed by atoms with E-state index in [1.165, 1.54) is 0 Å². The highest BCUT2D eigenvalue weighted by molar-refractivity contribution is 5.89. The molecule has 1 aliphatic heterocycles. The molecule has 0 radical (unpaired) electrons. The smallest absolute Gasteiger partial charge is 0.223 e. The topological polar surface area (TPSA) is 49.4 Å². The fourth-order valence-electron chi connectivity index (χ4n) is 2.68. The van der Waals surface area contributed by atoms with Crippen LogP contribution in [0.4, 0.5) is 0 Å². The molecule has 0 aromatic carbocycles. The van der Waals surface area contributed by atoms with Crippen LogP contribution in [0.15, 0.2) is 0 Å². The van der Waals surface area contributed by atoms with Gasteiger partial charge in [-0.1, -0.05) is 39.5 Å². The van der Waals surface area contributed by atoms with Gasteiger partial charge in [0.15, 0.2) is 5.78 Å². The molecule has 1 unspecified atom stereocenters. The zero-order valence-electron chi connectivity index (χ0n) is 13.1. The Bertz CT molecular complexity index is 275. The van der Waals surface area contributed by atoms with Gasteiger partial charge in [0.25, 0.3) is 0 Å². The Morgan fingerprint density at radius 2 is 1.70 bits per heavy atom. The number of Topliss-reactive ketones (excluding diaryl/α,β-unsaturated/α-hetero) is 1. The SMILES string of the molecule is CCCCCC(=O)C1CNCCN1C(=O)CCCCC. The lowest BCUT2D eigenvalue weighted by Crippen LogP contribution is -2.56. The molecule has 4 nitrogen and oxygen atoms in total. The van der Waals surface area contributed by atoms with Crippen LogP contribution in [-0.4, -0.2) is 42.3 Å². The van der Waals surface area contributed by atoms with Gasteiger partial charge >= 0.3 is 0 Å². The zero-order valence-corrected chi connectivity index (χ0v) is 13.1. The maximum Gasteiger partial charge on any atom is 0.223 e. The number of carbonyl (C=O) groups excluding carboxylic acids is 2. The van der Waals surface area contributed by atoms with Crippen molar-refractivity contribution in [2.24, 2.45) is 0 Å². The highest BCUT2D eigenvalue weighted by Gasteiger charge is 2.30. The number of nitrogens with zero attached hydrogens (tertiary/aromatic N) is 1. The van der Waals surface area contributed by atoms with Crippen LogP contribution in [0.5, 0.6) is 0 Å². The number of ketones is 1. The summed E-state index contributed by atoms with van der Waals surface area (Å²) >= 11 is 0. The monoisotopic (exact) mass is 282 g/mol. The third-order valence-corrected chi connectivity index (χ3v) is 3.96. The highest BCUT2D eigenvalue weighted by Crippen LogP contribution is 2.13. The largest absolute Gasteiger partial charge is 0.330 e. The summed E-state index contributed by atoms with van der Waals surface area (Å²) in [6, 6.07) is -0.227. The number of hydrogen-bond donors (Lipinski definition) is 1. The van der Waals surface area contributed by atoms with Crippen LogP contribution in [0, 0.1) is 0 Å². The molecule has 1 amide bonds.